The molecular weight excluding hydrogens is 483 g/mol. The van der Waals surface area contributed by atoms with Crippen LogP contribution in [-0.2, 0) is 13.9 Å². The quantitative estimate of drug-likeness (QED) is 0.477. The van der Waals surface area contributed by atoms with Crippen LogP contribution in [0.1, 0.15) is 33.4 Å². The zero-order valence-corrected chi connectivity index (χ0v) is 19.4. The van der Waals surface area contributed by atoms with Gasteiger partial charge in [0.1, 0.15) is 11.4 Å². The molecule has 0 spiro atoms. The van der Waals surface area contributed by atoms with Crippen LogP contribution in [0.4, 0.5) is 16.3 Å². The Hall–Kier alpha value is -1.94. The van der Waals surface area contributed by atoms with Crippen molar-refractivity contribution in [2.45, 2.75) is 43.8 Å². The molecule has 3 rings (SSSR count). The van der Waals surface area contributed by atoms with E-state index < -0.39 is 11.7 Å². The molecule has 7 nitrogen and oxygen atoms in total. The highest BCUT2D eigenvalue weighted by Gasteiger charge is 2.22. The van der Waals surface area contributed by atoms with E-state index in [-0.39, 0.29) is 6.04 Å². The van der Waals surface area contributed by atoms with Crippen LogP contribution in [0.3, 0.4) is 0 Å². The molecule has 1 aliphatic heterocycles. The van der Waals surface area contributed by atoms with Crippen LogP contribution in [-0.4, -0.2) is 47.5 Å². The van der Waals surface area contributed by atoms with E-state index in [0.717, 1.165) is 28.0 Å². The third-order valence-electron chi connectivity index (χ3n) is 4.35. The molecule has 0 bridgehead atoms. The Morgan fingerprint density at radius 2 is 2.03 bits per heavy atom. The topological polar surface area (TPSA) is 76.6 Å². The molecule has 0 radical (unpaired) electrons. The first-order chi connectivity index (χ1) is 13.7. The minimum Gasteiger partial charge on any atom is -0.444 e. The lowest BCUT2D eigenvalue weighted by molar-refractivity contribution is 0.0636. The molecular formula is C21H27IN4O3. The second-order valence-corrected chi connectivity index (χ2v) is 8.76. The number of rotatable bonds is 4. The average Bonchev–Trinajstić information content (AvgIpc) is 2.67. The molecule has 1 aromatic carbocycles. The van der Waals surface area contributed by atoms with E-state index in [1.54, 1.807) is 0 Å². The van der Waals surface area contributed by atoms with Crippen LogP contribution in [0.25, 0.3) is 11.4 Å². The van der Waals surface area contributed by atoms with Gasteiger partial charge in [0.2, 0.25) is 0 Å². The molecule has 8 heteroatoms. The third kappa shape index (κ3) is 6.02. The van der Waals surface area contributed by atoms with Gasteiger partial charge in [-0.15, -0.1) is 0 Å². The highest BCUT2D eigenvalue weighted by molar-refractivity contribution is 14.1. The van der Waals surface area contributed by atoms with Crippen LogP contribution in [0.5, 0.6) is 0 Å². The van der Waals surface area contributed by atoms with Gasteiger partial charge in [-0.05, 0) is 52.0 Å². The Morgan fingerprint density at radius 3 is 2.66 bits per heavy atom. The molecule has 1 N–H and O–H groups in total. The number of carbonyl (C=O) groups is 1. The number of nitrogens with one attached hydrogen (secondary N) is 1. The number of carbonyl (C=O) groups excluding carboxylic acids is 1. The molecule has 0 saturated carbocycles. The van der Waals surface area contributed by atoms with Crippen LogP contribution >= 0.6 is 22.6 Å². The molecule has 1 atom stereocenters. The Kier molecular flexibility index (Phi) is 6.94. The van der Waals surface area contributed by atoms with E-state index in [1.807, 2.05) is 45.0 Å². The Balaban J connectivity index is 1.81. The first-order valence-corrected chi connectivity index (χ1v) is 11.2. The molecule has 1 fully saturated rings. The van der Waals surface area contributed by atoms with Gasteiger partial charge in [-0.2, -0.15) is 0 Å². The summed E-state index contributed by atoms with van der Waals surface area (Å²) in [7, 11) is 0. The molecule has 156 valence electrons. The van der Waals surface area contributed by atoms with Crippen LogP contribution in [0.15, 0.2) is 30.3 Å². The van der Waals surface area contributed by atoms with E-state index >= 15 is 0 Å². The number of hydrogen-bond acceptors (Lipinski definition) is 6. The fourth-order valence-corrected chi connectivity index (χ4v) is 3.41. The standard InChI is InChI=1S/C21H27IN4O3/c1-14-13-28-10-9-26(14)18-11-17(12-22)23-19(25-18)15-5-7-16(8-6-15)24-20(27)29-21(2,3)4/h5-8,11,14H,9-10,12-13H2,1-4H3,(H,24,27)/t14-/m0/s1. The minimum atomic E-state index is -0.537. The lowest BCUT2D eigenvalue weighted by atomic mass is 10.2. The van der Waals surface area contributed by atoms with E-state index in [0.29, 0.717) is 24.7 Å². The van der Waals surface area contributed by atoms with E-state index in [4.69, 9.17) is 19.4 Å². The van der Waals surface area contributed by atoms with Crippen molar-refractivity contribution in [2.75, 3.05) is 30.0 Å². The zero-order chi connectivity index (χ0) is 21.0. The van der Waals surface area contributed by atoms with Gasteiger partial charge >= 0.3 is 6.09 Å². The van der Waals surface area contributed by atoms with Crippen molar-refractivity contribution in [3.8, 4) is 11.4 Å². The van der Waals surface area contributed by atoms with Crippen molar-refractivity contribution in [3.05, 3.63) is 36.0 Å². The number of nitrogens with zero attached hydrogens (tertiary/aromatic N) is 3. The lowest BCUT2D eigenvalue weighted by Crippen LogP contribution is -2.44. The largest absolute Gasteiger partial charge is 0.444 e. The van der Waals surface area contributed by atoms with Gasteiger partial charge in [-0.25, -0.2) is 14.8 Å². The van der Waals surface area contributed by atoms with Gasteiger partial charge in [0.05, 0.1) is 24.9 Å². The number of alkyl halides is 1. The van der Waals surface area contributed by atoms with Crippen molar-refractivity contribution in [1.29, 1.82) is 0 Å². The van der Waals surface area contributed by atoms with E-state index in [9.17, 15) is 4.79 Å². The molecule has 1 aromatic heterocycles. The zero-order valence-electron chi connectivity index (χ0n) is 17.2. The fourth-order valence-electron chi connectivity index (χ4n) is 3.02. The molecule has 1 amide bonds. The molecule has 2 heterocycles. The van der Waals surface area contributed by atoms with Crippen molar-refractivity contribution in [3.63, 3.8) is 0 Å². The number of benzene rings is 1. The molecule has 0 aliphatic carbocycles. The monoisotopic (exact) mass is 510 g/mol. The van der Waals surface area contributed by atoms with Crippen LogP contribution < -0.4 is 10.2 Å². The number of aromatic nitrogens is 2. The molecule has 0 unspecified atom stereocenters. The lowest BCUT2D eigenvalue weighted by Gasteiger charge is -2.34. The minimum absolute atomic E-state index is 0.272. The number of hydrogen-bond donors (Lipinski definition) is 1. The van der Waals surface area contributed by atoms with Gasteiger partial charge < -0.3 is 14.4 Å². The highest BCUT2D eigenvalue weighted by Crippen LogP contribution is 2.25. The number of ether oxygens (including phenoxy) is 2. The summed E-state index contributed by atoms with van der Waals surface area (Å²) >= 11 is 2.32. The predicted molar refractivity (Wildman–Crippen MR) is 123 cm³/mol. The number of morpholine rings is 1. The van der Waals surface area contributed by atoms with Crippen molar-refractivity contribution < 1.29 is 14.3 Å². The first-order valence-electron chi connectivity index (χ1n) is 9.64. The maximum Gasteiger partial charge on any atom is 0.412 e. The summed E-state index contributed by atoms with van der Waals surface area (Å²) in [5, 5.41) is 2.74. The Bertz CT molecular complexity index is 852. The van der Waals surface area contributed by atoms with Gasteiger partial charge in [0.25, 0.3) is 0 Å². The van der Waals surface area contributed by atoms with Gasteiger partial charge in [0.15, 0.2) is 5.82 Å². The average molecular weight is 510 g/mol. The summed E-state index contributed by atoms with van der Waals surface area (Å²) in [6.07, 6.45) is -0.475. The maximum absolute atomic E-state index is 11.9. The number of halogens is 1. The molecule has 29 heavy (non-hydrogen) atoms. The van der Waals surface area contributed by atoms with Gasteiger partial charge in [-0.3, -0.25) is 5.32 Å². The van der Waals surface area contributed by atoms with Crippen molar-refractivity contribution in [2.24, 2.45) is 0 Å². The van der Waals surface area contributed by atoms with Crippen molar-refractivity contribution >= 4 is 40.2 Å². The third-order valence-corrected chi connectivity index (χ3v) is 5.13. The normalized spacial score (nSPS) is 17.1. The summed E-state index contributed by atoms with van der Waals surface area (Å²) in [5.74, 6) is 1.60. The Morgan fingerprint density at radius 1 is 1.31 bits per heavy atom. The molecule has 2 aromatic rings. The number of anilines is 2. The summed E-state index contributed by atoms with van der Waals surface area (Å²) in [5.41, 5.74) is 2.01. The molecule has 1 aliphatic rings. The summed E-state index contributed by atoms with van der Waals surface area (Å²) < 4.78 is 11.6. The second kappa shape index (κ2) is 9.25. The van der Waals surface area contributed by atoms with E-state index in [1.165, 1.54) is 0 Å². The van der Waals surface area contributed by atoms with Gasteiger partial charge in [0, 0.05) is 28.3 Å². The summed E-state index contributed by atoms with van der Waals surface area (Å²) in [6.45, 7) is 9.86. The fraction of sp³-hybridized carbons (Fsp3) is 0.476. The smallest absolute Gasteiger partial charge is 0.412 e. The van der Waals surface area contributed by atoms with Gasteiger partial charge in [-0.1, -0.05) is 22.6 Å². The predicted octanol–water partition coefficient (Wildman–Crippen LogP) is 4.65. The highest BCUT2D eigenvalue weighted by atomic mass is 127. The summed E-state index contributed by atoms with van der Waals surface area (Å²) in [6, 6.07) is 9.80. The maximum atomic E-state index is 11.9. The van der Waals surface area contributed by atoms with Crippen molar-refractivity contribution in [1.82, 2.24) is 9.97 Å². The first kappa shape index (κ1) is 21.8. The van der Waals surface area contributed by atoms with Crippen LogP contribution in [0.2, 0.25) is 0 Å². The van der Waals surface area contributed by atoms with E-state index in [2.05, 4.69) is 45.8 Å². The SMILES string of the molecule is C[C@H]1COCCN1c1cc(CI)nc(-c2ccc(NC(=O)OC(C)(C)C)cc2)n1. The Labute approximate surface area is 185 Å². The van der Waals surface area contributed by atoms with Crippen LogP contribution in [0, 0.1) is 0 Å². The molecule has 1 saturated heterocycles. The number of amides is 1. The second-order valence-electron chi connectivity index (χ2n) is 8.00. The summed E-state index contributed by atoms with van der Waals surface area (Å²) in [4.78, 5) is 23.7.